The first kappa shape index (κ1) is 18.2. The summed E-state index contributed by atoms with van der Waals surface area (Å²) in [6.45, 7) is -0.973. The number of rotatable bonds is 6. The number of aromatic amines is 2. The third-order valence-electron chi connectivity index (χ3n) is 4.02. The largest absolute Gasteiger partial charge is 0.463 e. The first-order valence-corrected chi connectivity index (χ1v) is 8.57. The van der Waals surface area contributed by atoms with Crippen molar-refractivity contribution in [3.8, 4) is 17.2 Å². The van der Waals surface area contributed by atoms with Gasteiger partial charge in [-0.05, 0) is 30.3 Å². The summed E-state index contributed by atoms with van der Waals surface area (Å²) in [4.78, 5) is 33.2. The van der Waals surface area contributed by atoms with E-state index < -0.39 is 6.86 Å². The fraction of sp³-hybridized carbons (Fsp3) is 0.0500. The number of carbonyl (C=O) groups excluding carboxylic acids is 1. The minimum absolute atomic E-state index is 0.263. The Bertz CT molecular complexity index is 1230. The normalized spacial score (nSPS) is 10.7. The highest BCUT2D eigenvalue weighted by atomic mass is 19.1. The number of alkyl halides is 1. The average molecular weight is 394 g/mol. The van der Waals surface area contributed by atoms with E-state index in [1.54, 1.807) is 48.5 Å². The van der Waals surface area contributed by atoms with Gasteiger partial charge in [0, 0.05) is 29.6 Å². The molecular weight excluding hydrogens is 379 g/mol. The maximum atomic E-state index is 12.5. The summed E-state index contributed by atoms with van der Waals surface area (Å²) in [5.74, 6) is 0.743. The highest BCUT2D eigenvalue weighted by Gasteiger charge is 2.10. The molecule has 3 N–H and O–H groups in total. The molecule has 0 aliphatic heterocycles. The Morgan fingerprint density at radius 3 is 2.76 bits per heavy atom. The van der Waals surface area contributed by atoms with Crippen LogP contribution in [-0.2, 0) is 0 Å². The number of nitrogens with one attached hydrogen (secondary N) is 3. The lowest BCUT2D eigenvalue weighted by molar-refractivity contribution is 0.102. The molecule has 0 radical (unpaired) electrons. The number of fused-ring (bicyclic) bond motifs is 1. The summed E-state index contributed by atoms with van der Waals surface area (Å²) >= 11 is 0. The van der Waals surface area contributed by atoms with Crippen molar-refractivity contribution in [1.82, 2.24) is 15.0 Å². The van der Waals surface area contributed by atoms with Crippen molar-refractivity contribution in [2.24, 2.45) is 0 Å². The van der Waals surface area contributed by atoms with Crippen LogP contribution in [0.3, 0.4) is 0 Å². The Morgan fingerprint density at radius 2 is 1.90 bits per heavy atom. The number of hydrogen-bond acceptors (Lipinski definition) is 5. The fourth-order valence-electron chi connectivity index (χ4n) is 2.75. The van der Waals surface area contributed by atoms with Crippen LogP contribution >= 0.6 is 0 Å². The Hall–Kier alpha value is -4.14. The lowest BCUT2D eigenvalue weighted by atomic mass is 10.2. The molecule has 0 bridgehead atoms. The van der Waals surface area contributed by atoms with Crippen molar-refractivity contribution in [2.75, 3.05) is 12.2 Å². The van der Waals surface area contributed by atoms with Gasteiger partial charge in [-0.25, -0.2) is 14.2 Å². The lowest BCUT2D eigenvalue weighted by Crippen LogP contribution is -2.12. The molecule has 29 heavy (non-hydrogen) atoms. The maximum absolute atomic E-state index is 12.5. The van der Waals surface area contributed by atoms with E-state index in [2.05, 4.69) is 20.3 Å². The molecule has 9 heteroatoms. The molecule has 2 aromatic heterocycles. The van der Waals surface area contributed by atoms with Crippen molar-refractivity contribution < 1.29 is 18.7 Å². The Labute approximate surface area is 163 Å². The molecule has 8 nitrogen and oxygen atoms in total. The number of hydrogen-bond donors (Lipinski definition) is 3. The number of imidazole rings is 1. The van der Waals surface area contributed by atoms with Crippen LogP contribution in [0.4, 0.5) is 10.1 Å². The molecule has 2 heterocycles. The molecule has 0 aliphatic carbocycles. The Balaban J connectivity index is 1.53. The fourth-order valence-corrected chi connectivity index (χ4v) is 2.75. The number of anilines is 1. The molecule has 0 saturated heterocycles. The molecule has 146 valence electrons. The van der Waals surface area contributed by atoms with Gasteiger partial charge in [0.05, 0.1) is 0 Å². The van der Waals surface area contributed by atoms with Gasteiger partial charge >= 0.3 is 5.69 Å². The summed E-state index contributed by atoms with van der Waals surface area (Å²) in [7, 11) is 0. The zero-order valence-corrected chi connectivity index (χ0v) is 14.9. The van der Waals surface area contributed by atoms with Gasteiger partial charge in [0.25, 0.3) is 5.91 Å². The minimum Gasteiger partial charge on any atom is -0.463 e. The van der Waals surface area contributed by atoms with Crippen LogP contribution in [-0.4, -0.2) is 27.7 Å². The number of H-pyrrole nitrogens is 2. The van der Waals surface area contributed by atoms with Gasteiger partial charge in [0.2, 0.25) is 6.86 Å². The van der Waals surface area contributed by atoms with E-state index in [0.29, 0.717) is 33.9 Å². The maximum Gasteiger partial charge on any atom is 0.325 e. The SMILES string of the molecule is O=C(Nc1cccc(Oc2ccnc3[nH]c(=O)[nH]c23)c1)c1cccc(OCF)c1. The second-order valence-electron chi connectivity index (χ2n) is 5.98. The van der Waals surface area contributed by atoms with E-state index in [1.165, 1.54) is 12.3 Å². The van der Waals surface area contributed by atoms with Crippen molar-refractivity contribution in [3.63, 3.8) is 0 Å². The molecule has 2 aromatic carbocycles. The highest BCUT2D eigenvalue weighted by molar-refractivity contribution is 6.04. The van der Waals surface area contributed by atoms with Gasteiger partial charge in [-0.3, -0.25) is 9.78 Å². The lowest BCUT2D eigenvalue weighted by Gasteiger charge is -2.10. The standard InChI is InChI=1S/C20H15FN4O4/c21-11-28-14-5-1-3-12(9-14)19(26)23-13-4-2-6-15(10-13)29-16-7-8-22-18-17(16)24-20(27)25-18/h1-10H,11H2,(H,23,26)(H2,22,24,25,27). The van der Waals surface area contributed by atoms with E-state index in [9.17, 15) is 14.0 Å². The number of ether oxygens (including phenoxy) is 2. The predicted molar refractivity (Wildman–Crippen MR) is 104 cm³/mol. The van der Waals surface area contributed by atoms with E-state index in [-0.39, 0.29) is 17.3 Å². The quantitative estimate of drug-likeness (QED) is 0.463. The summed E-state index contributed by atoms with van der Waals surface area (Å²) in [6.07, 6.45) is 1.51. The summed E-state index contributed by atoms with van der Waals surface area (Å²) in [5.41, 5.74) is 1.26. The topological polar surface area (TPSA) is 109 Å². The number of amides is 1. The van der Waals surface area contributed by atoms with Gasteiger partial charge in [0.15, 0.2) is 11.4 Å². The number of benzene rings is 2. The molecule has 0 fully saturated rings. The van der Waals surface area contributed by atoms with Crippen LogP contribution in [0.5, 0.6) is 17.2 Å². The van der Waals surface area contributed by atoms with E-state index >= 15 is 0 Å². The summed E-state index contributed by atoms with van der Waals surface area (Å²) in [6, 6.07) is 14.6. The first-order chi connectivity index (χ1) is 14.1. The van der Waals surface area contributed by atoms with Crippen LogP contribution in [0, 0.1) is 0 Å². The van der Waals surface area contributed by atoms with Crippen molar-refractivity contribution in [1.29, 1.82) is 0 Å². The molecule has 4 aromatic rings. The Morgan fingerprint density at radius 1 is 1.07 bits per heavy atom. The molecule has 0 spiro atoms. The van der Waals surface area contributed by atoms with Gasteiger partial charge in [-0.1, -0.05) is 12.1 Å². The summed E-state index contributed by atoms with van der Waals surface area (Å²) in [5, 5.41) is 2.75. The number of halogens is 1. The predicted octanol–water partition coefficient (Wildman–Crippen LogP) is 3.60. The monoisotopic (exact) mass is 394 g/mol. The van der Waals surface area contributed by atoms with E-state index in [0.717, 1.165) is 0 Å². The second-order valence-corrected chi connectivity index (χ2v) is 5.98. The number of pyridine rings is 1. The van der Waals surface area contributed by atoms with Crippen LogP contribution in [0.1, 0.15) is 10.4 Å². The average Bonchev–Trinajstić information content (AvgIpc) is 3.10. The van der Waals surface area contributed by atoms with Crippen molar-refractivity contribution >= 4 is 22.8 Å². The van der Waals surface area contributed by atoms with Gasteiger partial charge in [0.1, 0.15) is 17.0 Å². The zero-order chi connectivity index (χ0) is 20.2. The number of aromatic nitrogens is 3. The first-order valence-electron chi connectivity index (χ1n) is 8.57. The van der Waals surface area contributed by atoms with Crippen molar-refractivity contribution in [2.45, 2.75) is 0 Å². The number of carbonyl (C=O) groups is 1. The van der Waals surface area contributed by atoms with Gasteiger partial charge < -0.3 is 19.8 Å². The van der Waals surface area contributed by atoms with E-state index in [4.69, 9.17) is 9.47 Å². The number of nitrogens with zero attached hydrogens (tertiary/aromatic N) is 1. The summed E-state index contributed by atoms with van der Waals surface area (Å²) < 4.78 is 22.9. The van der Waals surface area contributed by atoms with Gasteiger partial charge in [-0.2, -0.15) is 0 Å². The molecule has 4 rings (SSSR count). The molecule has 0 unspecified atom stereocenters. The molecule has 0 atom stereocenters. The smallest absolute Gasteiger partial charge is 0.325 e. The Kier molecular flexibility index (Phi) is 4.93. The van der Waals surface area contributed by atoms with E-state index in [1.807, 2.05) is 0 Å². The molecular formula is C20H15FN4O4. The van der Waals surface area contributed by atoms with Crippen LogP contribution in [0.2, 0.25) is 0 Å². The second kappa shape index (κ2) is 7.85. The van der Waals surface area contributed by atoms with Crippen LogP contribution in [0.15, 0.2) is 65.6 Å². The molecule has 0 aliphatic rings. The van der Waals surface area contributed by atoms with Crippen molar-refractivity contribution in [3.05, 3.63) is 76.8 Å². The zero-order valence-electron chi connectivity index (χ0n) is 14.9. The minimum atomic E-state index is -0.973. The van der Waals surface area contributed by atoms with Crippen LogP contribution < -0.4 is 20.5 Å². The third kappa shape index (κ3) is 4.08. The van der Waals surface area contributed by atoms with Crippen LogP contribution in [0.25, 0.3) is 11.2 Å². The molecule has 1 amide bonds. The highest BCUT2D eigenvalue weighted by Crippen LogP contribution is 2.28. The van der Waals surface area contributed by atoms with Gasteiger partial charge in [-0.15, -0.1) is 0 Å². The third-order valence-corrected chi connectivity index (χ3v) is 4.02. The molecule has 0 saturated carbocycles.